The van der Waals surface area contributed by atoms with Gasteiger partial charge in [-0.3, -0.25) is 4.98 Å². The van der Waals surface area contributed by atoms with E-state index in [1.54, 1.807) is 0 Å². The summed E-state index contributed by atoms with van der Waals surface area (Å²) in [6.07, 6.45) is 1.83. The van der Waals surface area contributed by atoms with Gasteiger partial charge in [0.2, 0.25) is 0 Å². The Hall–Kier alpha value is -0.410. The first kappa shape index (κ1) is 9.16. The van der Waals surface area contributed by atoms with Crippen LogP contribution < -0.4 is 5.73 Å². The van der Waals surface area contributed by atoms with Crippen LogP contribution in [0.25, 0.3) is 0 Å². The minimum atomic E-state index is 0.223. The van der Waals surface area contributed by atoms with E-state index in [2.05, 4.69) is 34.8 Å². The fourth-order valence-electron chi connectivity index (χ4n) is 1.81. The van der Waals surface area contributed by atoms with Crippen LogP contribution in [0.3, 0.4) is 0 Å². The number of nitrogens with zero attached hydrogens (tertiary/aromatic N) is 1. The van der Waals surface area contributed by atoms with Crippen molar-refractivity contribution in [3.8, 4) is 0 Å². The summed E-state index contributed by atoms with van der Waals surface area (Å²) < 4.78 is 1.02. The first-order valence-corrected chi connectivity index (χ1v) is 5.20. The lowest BCUT2D eigenvalue weighted by Crippen LogP contribution is -2.06. The minimum absolute atomic E-state index is 0.223. The summed E-state index contributed by atoms with van der Waals surface area (Å²) in [4.78, 5) is 4.36. The Labute approximate surface area is 86.7 Å². The van der Waals surface area contributed by atoms with Gasteiger partial charge in [-0.15, -0.1) is 0 Å². The zero-order valence-corrected chi connectivity index (χ0v) is 9.38. The lowest BCUT2D eigenvalue weighted by Gasteiger charge is -2.01. The minimum Gasteiger partial charge on any atom is -0.327 e. The van der Waals surface area contributed by atoms with E-state index in [9.17, 15) is 0 Å². The maximum Gasteiger partial charge on any atom is 0.0457 e. The number of hydrogen-bond donors (Lipinski definition) is 1. The topological polar surface area (TPSA) is 38.9 Å². The highest BCUT2D eigenvalue weighted by molar-refractivity contribution is 9.10. The molecule has 2 nitrogen and oxygen atoms in total. The van der Waals surface area contributed by atoms with Gasteiger partial charge in [0.25, 0.3) is 0 Å². The lowest BCUT2D eigenvalue weighted by molar-refractivity contribution is 0.595. The second-order valence-electron chi connectivity index (χ2n) is 4.23. The zero-order chi connectivity index (χ0) is 9.64. The molecular formula is C10H13BrN2. The molecule has 3 heteroatoms. The highest BCUT2D eigenvalue weighted by Gasteiger charge is 2.56. The van der Waals surface area contributed by atoms with Gasteiger partial charge in [0.05, 0.1) is 0 Å². The number of halogens is 1. The largest absolute Gasteiger partial charge is 0.327 e. The van der Waals surface area contributed by atoms with Crippen LogP contribution >= 0.6 is 15.9 Å². The Morgan fingerprint density at radius 3 is 2.46 bits per heavy atom. The van der Waals surface area contributed by atoms with Crippen molar-refractivity contribution in [3.05, 3.63) is 28.5 Å². The molecule has 0 aliphatic heterocycles. The fraction of sp³-hybridized carbons (Fsp3) is 0.500. The van der Waals surface area contributed by atoms with Crippen LogP contribution in [0.4, 0.5) is 0 Å². The van der Waals surface area contributed by atoms with Gasteiger partial charge in [-0.1, -0.05) is 13.8 Å². The van der Waals surface area contributed by atoms with E-state index in [0.29, 0.717) is 5.92 Å². The summed E-state index contributed by atoms with van der Waals surface area (Å²) in [5.74, 6) is 0.431. The highest BCUT2D eigenvalue weighted by Crippen LogP contribution is 2.56. The van der Waals surface area contributed by atoms with Gasteiger partial charge >= 0.3 is 0 Å². The Kier molecular flexibility index (Phi) is 1.96. The van der Waals surface area contributed by atoms with Gasteiger partial charge in [0.15, 0.2) is 0 Å². The van der Waals surface area contributed by atoms with Crippen LogP contribution in [-0.4, -0.2) is 11.0 Å². The second-order valence-corrected chi connectivity index (χ2v) is 5.14. The van der Waals surface area contributed by atoms with Crippen molar-refractivity contribution in [2.24, 2.45) is 11.1 Å². The molecule has 1 aliphatic carbocycles. The molecule has 0 saturated heterocycles. The lowest BCUT2D eigenvalue weighted by atomic mass is 10.1. The first-order valence-electron chi connectivity index (χ1n) is 4.40. The van der Waals surface area contributed by atoms with Crippen LogP contribution in [0.15, 0.2) is 22.8 Å². The molecule has 0 spiro atoms. The zero-order valence-electron chi connectivity index (χ0n) is 7.79. The quantitative estimate of drug-likeness (QED) is 0.819. The van der Waals surface area contributed by atoms with E-state index >= 15 is 0 Å². The van der Waals surface area contributed by atoms with Gasteiger partial charge in [0.1, 0.15) is 0 Å². The van der Waals surface area contributed by atoms with Crippen LogP contribution in [0, 0.1) is 5.41 Å². The SMILES string of the molecule is CC1(C)C(N)C1c1ccc(Br)cn1. The predicted octanol–water partition coefficient (Wildman–Crippen LogP) is 2.29. The monoisotopic (exact) mass is 240 g/mol. The average molecular weight is 241 g/mol. The third kappa shape index (κ3) is 1.40. The Morgan fingerprint density at radius 2 is 2.08 bits per heavy atom. The summed E-state index contributed by atoms with van der Waals surface area (Å²) in [5, 5.41) is 0. The molecule has 2 unspecified atom stereocenters. The van der Waals surface area contributed by atoms with Crippen molar-refractivity contribution in [3.63, 3.8) is 0 Å². The molecule has 2 rings (SSSR count). The van der Waals surface area contributed by atoms with Gasteiger partial charge in [0, 0.05) is 28.3 Å². The maximum absolute atomic E-state index is 5.96. The molecule has 1 fully saturated rings. The Bertz CT molecular complexity index is 318. The molecule has 1 aliphatic rings. The van der Waals surface area contributed by atoms with Gasteiger partial charge in [-0.05, 0) is 33.5 Å². The van der Waals surface area contributed by atoms with E-state index in [1.807, 2.05) is 18.3 Å². The highest BCUT2D eigenvalue weighted by atomic mass is 79.9. The van der Waals surface area contributed by atoms with E-state index in [1.165, 1.54) is 0 Å². The first-order chi connectivity index (χ1) is 6.03. The van der Waals surface area contributed by atoms with Crippen molar-refractivity contribution in [1.82, 2.24) is 4.98 Å². The van der Waals surface area contributed by atoms with Crippen LogP contribution in [0.2, 0.25) is 0 Å². The molecule has 0 amide bonds. The molecule has 1 saturated carbocycles. The number of nitrogens with two attached hydrogens (primary N) is 1. The van der Waals surface area contributed by atoms with Crippen LogP contribution in [0.1, 0.15) is 25.5 Å². The summed E-state index contributed by atoms with van der Waals surface area (Å²) in [5.41, 5.74) is 7.30. The molecule has 0 bridgehead atoms. The summed E-state index contributed by atoms with van der Waals surface area (Å²) >= 11 is 3.36. The standard InChI is InChI=1S/C10H13BrN2/c1-10(2)8(9(10)12)7-4-3-6(11)5-13-7/h3-5,8-9H,12H2,1-2H3. The number of hydrogen-bond acceptors (Lipinski definition) is 2. The molecule has 1 aromatic rings. The third-order valence-electron chi connectivity index (χ3n) is 2.98. The molecule has 2 atom stereocenters. The summed E-state index contributed by atoms with van der Waals surface area (Å²) in [6, 6.07) is 4.33. The molecule has 0 radical (unpaired) electrons. The average Bonchev–Trinajstić information content (AvgIpc) is 2.55. The Balaban J connectivity index is 2.25. The second kappa shape index (κ2) is 2.79. The number of aromatic nitrogens is 1. The van der Waals surface area contributed by atoms with E-state index in [0.717, 1.165) is 10.2 Å². The van der Waals surface area contributed by atoms with E-state index < -0.39 is 0 Å². The molecule has 0 aromatic carbocycles. The van der Waals surface area contributed by atoms with Crippen molar-refractivity contribution in [2.75, 3.05) is 0 Å². The Morgan fingerprint density at radius 1 is 1.46 bits per heavy atom. The van der Waals surface area contributed by atoms with Crippen molar-refractivity contribution >= 4 is 15.9 Å². The molecular weight excluding hydrogens is 228 g/mol. The maximum atomic E-state index is 5.96. The van der Waals surface area contributed by atoms with Crippen molar-refractivity contribution in [2.45, 2.75) is 25.8 Å². The normalized spacial score (nSPS) is 30.2. The molecule has 1 heterocycles. The van der Waals surface area contributed by atoms with E-state index in [-0.39, 0.29) is 11.5 Å². The third-order valence-corrected chi connectivity index (χ3v) is 3.45. The summed E-state index contributed by atoms with van der Waals surface area (Å²) in [7, 11) is 0. The molecule has 1 aromatic heterocycles. The number of rotatable bonds is 1. The summed E-state index contributed by atoms with van der Waals surface area (Å²) in [6.45, 7) is 4.37. The smallest absolute Gasteiger partial charge is 0.0457 e. The molecule has 13 heavy (non-hydrogen) atoms. The van der Waals surface area contributed by atoms with Crippen LogP contribution in [-0.2, 0) is 0 Å². The van der Waals surface area contributed by atoms with Crippen molar-refractivity contribution in [1.29, 1.82) is 0 Å². The van der Waals surface area contributed by atoms with Gasteiger partial charge in [-0.25, -0.2) is 0 Å². The molecule has 70 valence electrons. The van der Waals surface area contributed by atoms with E-state index in [4.69, 9.17) is 5.73 Å². The fourth-order valence-corrected chi connectivity index (χ4v) is 2.05. The van der Waals surface area contributed by atoms with Gasteiger partial charge in [-0.2, -0.15) is 0 Å². The van der Waals surface area contributed by atoms with Crippen molar-refractivity contribution < 1.29 is 0 Å². The van der Waals surface area contributed by atoms with Crippen LogP contribution in [0.5, 0.6) is 0 Å². The predicted molar refractivity (Wildman–Crippen MR) is 56.4 cm³/mol. The molecule has 2 N–H and O–H groups in total. The number of pyridine rings is 1. The van der Waals surface area contributed by atoms with Gasteiger partial charge < -0.3 is 5.73 Å².